The summed E-state index contributed by atoms with van der Waals surface area (Å²) in [7, 11) is -3.67. The topological polar surface area (TPSA) is 120 Å². The molecule has 31 heavy (non-hydrogen) atoms. The predicted octanol–water partition coefficient (Wildman–Crippen LogP) is 2.28. The van der Waals surface area contributed by atoms with E-state index in [0.717, 1.165) is 27.2 Å². The van der Waals surface area contributed by atoms with Gasteiger partial charge < -0.3 is 15.4 Å². The first-order valence-corrected chi connectivity index (χ1v) is 11.5. The molecule has 0 fully saturated rings. The summed E-state index contributed by atoms with van der Waals surface area (Å²) in [5, 5.41) is 16.7. The van der Waals surface area contributed by atoms with E-state index in [1.807, 2.05) is 6.07 Å². The van der Waals surface area contributed by atoms with E-state index in [-0.39, 0.29) is 17.5 Å². The highest BCUT2D eigenvalue weighted by molar-refractivity contribution is 7.89. The van der Waals surface area contributed by atoms with Gasteiger partial charge in [-0.25, -0.2) is 13.1 Å². The second kappa shape index (κ2) is 8.35. The Morgan fingerprint density at radius 3 is 2.74 bits per heavy atom. The van der Waals surface area contributed by atoms with Crippen LogP contribution in [0.1, 0.15) is 19.4 Å². The third-order valence-corrected chi connectivity index (χ3v) is 6.85. The van der Waals surface area contributed by atoms with Crippen LogP contribution in [0.15, 0.2) is 66.2 Å². The molecule has 3 aromatic heterocycles. The molecule has 0 saturated heterocycles. The minimum Gasteiger partial charge on any atom is -0.384 e. The fraction of sp³-hybridized carbons (Fsp3) is 0.273. The zero-order chi connectivity index (χ0) is 22.1. The molecule has 8 nitrogen and oxygen atoms in total. The first-order chi connectivity index (χ1) is 14.8. The number of hydrogen-bond acceptors (Lipinski definition) is 6. The molecule has 3 heterocycles. The van der Waals surface area contributed by atoms with Crippen LogP contribution in [0.25, 0.3) is 21.7 Å². The lowest BCUT2D eigenvalue weighted by atomic mass is 9.96. The Hall–Kier alpha value is -2.85. The average Bonchev–Trinajstić information content (AvgIpc) is 3.18. The minimum atomic E-state index is -3.67. The standard InChI is InChI=1S/C22H25N5O3S/c1-15(27-31(29,30)18-4-3-17-11-23-7-5-16(17)9-18)10-25-14-22(2,28)20-12-26-21-13-24-8-6-19(20)21/h3-9,11-13,15,25-28H,10,14H2,1-2H3/t15-,22?/m1/s1. The molecule has 0 amide bonds. The molecule has 4 N–H and O–H groups in total. The molecule has 0 spiro atoms. The number of nitrogens with zero attached hydrogens (tertiary/aromatic N) is 2. The summed E-state index contributed by atoms with van der Waals surface area (Å²) < 4.78 is 28.2. The molecule has 162 valence electrons. The van der Waals surface area contributed by atoms with Crippen molar-refractivity contribution in [2.75, 3.05) is 13.1 Å². The SMILES string of the molecule is C[C@H](CNCC(C)(O)c1c[nH]c2cnccc12)NS(=O)(=O)c1ccc2cnccc2c1. The molecule has 0 bridgehead atoms. The fourth-order valence-electron chi connectivity index (χ4n) is 3.65. The number of H-pyrrole nitrogens is 1. The van der Waals surface area contributed by atoms with Gasteiger partial charge in [-0.15, -0.1) is 0 Å². The highest BCUT2D eigenvalue weighted by Crippen LogP contribution is 2.27. The Morgan fingerprint density at radius 1 is 1.13 bits per heavy atom. The monoisotopic (exact) mass is 439 g/mol. The largest absolute Gasteiger partial charge is 0.384 e. The highest BCUT2D eigenvalue weighted by atomic mass is 32.2. The lowest BCUT2D eigenvalue weighted by Crippen LogP contribution is -2.43. The van der Waals surface area contributed by atoms with Gasteiger partial charge >= 0.3 is 0 Å². The van der Waals surface area contributed by atoms with Crippen molar-refractivity contribution in [2.45, 2.75) is 30.4 Å². The molecule has 2 atom stereocenters. The summed E-state index contributed by atoms with van der Waals surface area (Å²) in [4.78, 5) is 11.4. The Balaban J connectivity index is 1.38. The second-order valence-electron chi connectivity index (χ2n) is 7.94. The Morgan fingerprint density at radius 2 is 1.90 bits per heavy atom. The number of rotatable bonds is 8. The van der Waals surface area contributed by atoms with Crippen molar-refractivity contribution in [3.05, 3.63) is 66.9 Å². The zero-order valence-corrected chi connectivity index (χ0v) is 18.1. The summed E-state index contributed by atoms with van der Waals surface area (Å²) in [6.45, 7) is 4.12. The van der Waals surface area contributed by atoms with E-state index in [1.54, 1.807) is 69.1 Å². The van der Waals surface area contributed by atoms with Crippen molar-refractivity contribution in [2.24, 2.45) is 0 Å². The number of pyridine rings is 2. The van der Waals surface area contributed by atoms with Gasteiger partial charge in [-0.05, 0) is 43.5 Å². The van der Waals surface area contributed by atoms with Crippen LogP contribution in [0, 0.1) is 0 Å². The van der Waals surface area contributed by atoms with Crippen LogP contribution >= 0.6 is 0 Å². The normalized spacial score (nSPS) is 15.2. The molecule has 1 unspecified atom stereocenters. The van der Waals surface area contributed by atoms with E-state index < -0.39 is 15.6 Å². The molecule has 0 aliphatic rings. The van der Waals surface area contributed by atoms with Gasteiger partial charge in [0.2, 0.25) is 10.0 Å². The van der Waals surface area contributed by atoms with E-state index >= 15 is 0 Å². The number of aliphatic hydroxyl groups is 1. The molecule has 0 radical (unpaired) electrons. The molecule has 9 heteroatoms. The van der Waals surface area contributed by atoms with Crippen LogP contribution < -0.4 is 10.0 Å². The van der Waals surface area contributed by atoms with Crippen molar-refractivity contribution < 1.29 is 13.5 Å². The summed E-state index contributed by atoms with van der Waals surface area (Å²) in [5.74, 6) is 0. The summed E-state index contributed by atoms with van der Waals surface area (Å²) in [6, 6.07) is 8.21. The number of sulfonamides is 1. The average molecular weight is 440 g/mol. The van der Waals surface area contributed by atoms with Crippen LogP contribution in [-0.2, 0) is 15.6 Å². The molecular weight excluding hydrogens is 414 g/mol. The van der Waals surface area contributed by atoms with Crippen LogP contribution in [0.3, 0.4) is 0 Å². The maximum atomic E-state index is 12.8. The predicted molar refractivity (Wildman–Crippen MR) is 120 cm³/mol. The fourth-order valence-corrected chi connectivity index (χ4v) is 4.93. The van der Waals surface area contributed by atoms with Crippen molar-refractivity contribution in [1.29, 1.82) is 0 Å². The van der Waals surface area contributed by atoms with Gasteiger partial charge in [-0.3, -0.25) is 9.97 Å². The quantitative estimate of drug-likeness (QED) is 0.334. The third kappa shape index (κ3) is 4.59. The molecular formula is C22H25N5O3S. The van der Waals surface area contributed by atoms with E-state index in [4.69, 9.17) is 0 Å². The van der Waals surface area contributed by atoms with Gasteiger partial charge in [0, 0.05) is 60.3 Å². The lowest BCUT2D eigenvalue weighted by Gasteiger charge is -2.25. The Labute approximate surface area is 180 Å². The van der Waals surface area contributed by atoms with Crippen LogP contribution in [-0.4, -0.2) is 47.6 Å². The summed E-state index contributed by atoms with van der Waals surface area (Å²) in [5.41, 5.74) is 0.478. The smallest absolute Gasteiger partial charge is 0.240 e. The van der Waals surface area contributed by atoms with Gasteiger partial charge in [0.1, 0.15) is 5.60 Å². The van der Waals surface area contributed by atoms with Gasteiger partial charge in [0.25, 0.3) is 0 Å². The van der Waals surface area contributed by atoms with Gasteiger partial charge in [0.05, 0.1) is 16.6 Å². The van der Waals surface area contributed by atoms with E-state index in [2.05, 4.69) is 25.0 Å². The zero-order valence-electron chi connectivity index (χ0n) is 17.3. The number of hydrogen-bond donors (Lipinski definition) is 4. The Kier molecular flexibility index (Phi) is 5.76. The van der Waals surface area contributed by atoms with Gasteiger partial charge in [-0.1, -0.05) is 6.07 Å². The molecule has 0 saturated carbocycles. The maximum absolute atomic E-state index is 12.8. The lowest BCUT2D eigenvalue weighted by molar-refractivity contribution is 0.0583. The van der Waals surface area contributed by atoms with Crippen molar-refractivity contribution in [3.8, 4) is 0 Å². The van der Waals surface area contributed by atoms with E-state index in [9.17, 15) is 13.5 Å². The molecule has 4 rings (SSSR count). The molecule has 4 aromatic rings. The number of aromatic amines is 1. The van der Waals surface area contributed by atoms with Crippen molar-refractivity contribution in [1.82, 2.24) is 25.0 Å². The molecule has 0 aliphatic heterocycles. The maximum Gasteiger partial charge on any atom is 0.240 e. The van der Waals surface area contributed by atoms with E-state index in [0.29, 0.717) is 6.54 Å². The summed E-state index contributed by atoms with van der Waals surface area (Å²) >= 11 is 0. The van der Waals surface area contributed by atoms with Crippen LogP contribution in [0.2, 0.25) is 0 Å². The number of aromatic nitrogens is 3. The number of nitrogens with one attached hydrogen (secondary N) is 3. The van der Waals surface area contributed by atoms with Crippen molar-refractivity contribution >= 4 is 31.7 Å². The van der Waals surface area contributed by atoms with Crippen molar-refractivity contribution in [3.63, 3.8) is 0 Å². The van der Waals surface area contributed by atoms with Crippen LogP contribution in [0.4, 0.5) is 0 Å². The second-order valence-corrected chi connectivity index (χ2v) is 9.65. The van der Waals surface area contributed by atoms with Crippen LogP contribution in [0.5, 0.6) is 0 Å². The Bertz CT molecular complexity index is 1320. The minimum absolute atomic E-state index is 0.206. The first-order valence-electron chi connectivity index (χ1n) is 9.97. The van der Waals surface area contributed by atoms with Gasteiger partial charge in [-0.2, -0.15) is 0 Å². The molecule has 1 aromatic carbocycles. The number of fused-ring (bicyclic) bond motifs is 2. The highest BCUT2D eigenvalue weighted by Gasteiger charge is 2.26. The summed E-state index contributed by atoms with van der Waals surface area (Å²) in [6.07, 6.45) is 8.50. The van der Waals surface area contributed by atoms with Gasteiger partial charge in [0.15, 0.2) is 0 Å². The third-order valence-electron chi connectivity index (χ3n) is 5.26. The first kappa shape index (κ1) is 21.4. The molecule has 0 aliphatic carbocycles. The van der Waals surface area contributed by atoms with E-state index in [1.165, 1.54) is 0 Å². The number of benzene rings is 1.